The number of ketones is 4. The largest absolute Gasteiger partial charge is 0.390 e. The predicted molar refractivity (Wildman–Crippen MR) is 253 cm³/mol. The molecular weight excluding hydrogens is 777 g/mol. The molecular formula is C54H84O8. The van der Waals surface area contributed by atoms with E-state index in [0.717, 1.165) is 68.9 Å². The van der Waals surface area contributed by atoms with Crippen molar-refractivity contribution in [3.8, 4) is 0 Å². The Bertz CT molecular complexity index is 1610. The average Bonchev–Trinajstić information content (AvgIpc) is 3.22. The van der Waals surface area contributed by atoms with Gasteiger partial charge in [-0.15, -0.1) is 0 Å². The highest BCUT2D eigenvalue weighted by atomic mass is 17.2. The fraction of sp³-hybridized carbons (Fsp3) is 0.667. The summed E-state index contributed by atoms with van der Waals surface area (Å²) in [7, 11) is 0. The summed E-state index contributed by atoms with van der Waals surface area (Å²) in [6.07, 6.45) is 35.4. The van der Waals surface area contributed by atoms with Gasteiger partial charge < -0.3 is 0 Å². The second kappa shape index (κ2) is 34.5. The molecule has 0 heterocycles. The third-order valence-electron chi connectivity index (χ3n) is 11.5. The lowest BCUT2D eigenvalue weighted by Gasteiger charge is -2.28. The fourth-order valence-electron chi connectivity index (χ4n) is 7.67. The zero-order valence-electron chi connectivity index (χ0n) is 40.3. The number of carbonyl (C=O) groups is 6. The van der Waals surface area contributed by atoms with E-state index in [1.807, 2.05) is 40.7 Å². The lowest BCUT2D eigenvalue weighted by atomic mass is 9.70. The van der Waals surface area contributed by atoms with Gasteiger partial charge in [0, 0.05) is 5.57 Å². The van der Waals surface area contributed by atoms with Crippen LogP contribution in [0.15, 0.2) is 69.4 Å². The predicted octanol–water partition coefficient (Wildman–Crippen LogP) is 14.5. The highest BCUT2D eigenvalue weighted by Gasteiger charge is 2.48. The Labute approximate surface area is 376 Å². The van der Waals surface area contributed by atoms with Gasteiger partial charge in [0.15, 0.2) is 11.6 Å². The molecule has 1 atom stereocenters. The summed E-state index contributed by atoms with van der Waals surface area (Å²) < 4.78 is 0. The van der Waals surface area contributed by atoms with Crippen LogP contribution < -0.4 is 0 Å². The van der Waals surface area contributed by atoms with E-state index in [1.54, 1.807) is 6.92 Å². The number of rotatable bonds is 35. The van der Waals surface area contributed by atoms with Gasteiger partial charge in [-0.25, -0.2) is 19.4 Å². The van der Waals surface area contributed by atoms with Crippen LogP contribution in [0.1, 0.15) is 229 Å². The average molecular weight is 861 g/mol. The van der Waals surface area contributed by atoms with E-state index < -0.39 is 46.6 Å². The molecule has 0 N–H and O–H groups in total. The van der Waals surface area contributed by atoms with E-state index in [9.17, 15) is 28.8 Å². The third kappa shape index (κ3) is 24.6. The van der Waals surface area contributed by atoms with Gasteiger partial charge in [-0.3, -0.25) is 19.2 Å². The van der Waals surface area contributed by atoms with Gasteiger partial charge in [-0.1, -0.05) is 183 Å². The van der Waals surface area contributed by atoms with E-state index in [-0.39, 0.29) is 11.1 Å². The Balaban J connectivity index is 3.21. The van der Waals surface area contributed by atoms with Crippen LogP contribution in [-0.4, -0.2) is 35.1 Å². The van der Waals surface area contributed by atoms with Gasteiger partial charge in [0.05, 0.1) is 5.92 Å². The summed E-state index contributed by atoms with van der Waals surface area (Å²) in [5.74, 6) is -6.32. The summed E-state index contributed by atoms with van der Waals surface area (Å²) in [6.45, 7) is 16.0. The third-order valence-corrected chi connectivity index (χ3v) is 11.5. The van der Waals surface area contributed by atoms with Gasteiger partial charge in [-0.05, 0) is 98.6 Å². The first-order valence-electron chi connectivity index (χ1n) is 24.4. The first-order valence-corrected chi connectivity index (χ1v) is 24.4. The molecule has 62 heavy (non-hydrogen) atoms. The first kappa shape index (κ1) is 56.1. The monoisotopic (exact) mass is 861 g/mol. The molecule has 0 aromatic carbocycles. The topological polar surface area (TPSA) is 121 Å². The molecule has 0 bridgehead atoms. The maximum atomic E-state index is 13.8. The van der Waals surface area contributed by atoms with Crippen molar-refractivity contribution in [2.45, 2.75) is 229 Å². The van der Waals surface area contributed by atoms with E-state index in [1.165, 1.54) is 101 Å². The summed E-state index contributed by atoms with van der Waals surface area (Å²) in [5.41, 5.74) is 2.69. The van der Waals surface area contributed by atoms with Crippen LogP contribution in [0, 0.1) is 5.92 Å². The maximum absolute atomic E-state index is 13.8. The molecule has 0 aliphatic heterocycles. The lowest BCUT2D eigenvalue weighted by molar-refractivity contribution is -0.252. The van der Waals surface area contributed by atoms with Gasteiger partial charge in [0.1, 0.15) is 11.1 Å². The van der Waals surface area contributed by atoms with Crippen LogP contribution in [0.5, 0.6) is 0 Å². The zero-order valence-corrected chi connectivity index (χ0v) is 40.3. The van der Waals surface area contributed by atoms with Crippen LogP contribution in [0.2, 0.25) is 0 Å². The lowest BCUT2D eigenvalue weighted by Crippen LogP contribution is -2.44. The molecule has 0 aromatic heterocycles. The molecule has 0 aromatic rings. The smallest absolute Gasteiger partial charge is 0.290 e. The van der Waals surface area contributed by atoms with Crippen molar-refractivity contribution in [2.75, 3.05) is 0 Å². The second-order valence-corrected chi connectivity index (χ2v) is 18.0. The van der Waals surface area contributed by atoms with Gasteiger partial charge in [0.2, 0.25) is 11.6 Å². The molecule has 0 radical (unpaired) electrons. The Morgan fingerprint density at radius 1 is 0.484 bits per heavy atom. The fourth-order valence-corrected chi connectivity index (χ4v) is 7.67. The number of allylic oxidation sites excluding steroid dienone is 10. The van der Waals surface area contributed by atoms with Crippen molar-refractivity contribution in [3.63, 3.8) is 0 Å². The Kier molecular flexibility index (Phi) is 31.2. The Morgan fingerprint density at radius 2 is 0.887 bits per heavy atom. The van der Waals surface area contributed by atoms with Crippen LogP contribution in [0.25, 0.3) is 0 Å². The number of hydrogen-bond donors (Lipinski definition) is 0. The van der Waals surface area contributed by atoms with E-state index in [0.29, 0.717) is 44.1 Å². The molecule has 8 heteroatoms. The highest BCUT2D eigenvalue weighted by molar-refractivity contribution is 6.55. The van der Waals surface area contributed by atoms with Gasteiger partial charge in [-0.2, -0.15) is 0 Å². The summed E-state index contributed by atoms with van der Waals surface area (Å²) in [5, 5.41) is 0. The van der Waals surface area contributed by atoms with Gasteiger partial charge in [0.25, 0.3) is 0 Å². The van der Waals surface area contributed by atoms with Crippen molar-refractivity contribution in [1.29, 1.82) is 0 Å². The van der Waals surface area contributed by atoms with Gasteiger partial charge >= 0.3 is 11.9 Å². The second-order valence-electron chi connectivity index (χ2n) is 18.0. The van der Waals surface area contributed by atoms with Crippen LogP contribution in [0.4, 0.5) is 0 Å². The standard InChI is InChI=1S/C54H84O8/c1-9-11-13-15-17-19-21-22-24-25-27-29-37-45(47(55)39-43(7)35-31-33-41(3)4)53(59)61-62-54(60)50(48(56)40-44(8)36-32-34-42(5)6)49-46(51(57)52(49)58)38-30-28-26-23-20-18-16-14-12-10-2/h33-34,37,39-40,46H,9-32,35-36,38H2,1-8H3/b43-39+,44-40+,45-37-,50-49+. The van der Waals surface area contributed by atoms with Crippen molar-refractivity contribution < 1.29 is 38.5 Å². The highest BCUT2D eigenvalue weighted by Crippen LogP contribution is 2.35. The summed E-state index contributed by atoms with van der Waals surface area (Å²) in [6, 6.07) is 0. The zero-order chi connectivity index (χ0) is 46.1. The minimum absolute atomic E-state index is 0.191. The van der Waals surface area contributed by atoms with Crippen molar-refractivity contribution >= 4 is 35.1 Å². The minimum atomic E-state index is -1.34. The molecule has 1 aliphatic carbocycles. The maximum Gasteiger partial charge on any atom is 0.390 e. The Hall–Kier alpha value is -3.94. The van der Waals surface area contributed by atoms with E-state index >= 15 is 0 Å². The molecule has 1 fully saturated rings. The molecule has 0 amide bonds. The molecule has 8 nitrogen and oxygen atoms in total. The normalized spacial score (nSPS) is 15.2. The molecule has 0 saturated heterocycles. The Morgan fingerprint density at radius 3 is 1.34 bits per heavy atom. The van der Waals surface area contributed by atoms with Crippen molar-refractivity contribution in [2.24, 2.45) is 5.92 Å². The van der Waals surface area contributed by atoms with Crippen molar-refractivity contribution in [1.82, 2.24) is 0 Å². The van der Waals surface area contributed by atoms with Crippen molar-refractivity contribution in [3.05, 3.63) is 69.4 Å². The SMILES string of the molecule is CCCCCCCCCCCCC/C=C(/C(=O)/C=C(\C)CCC=C(C)C)C(=O)OOC(=O)/C(C(=O)/C=C(\C)CCC=C(C)C)=C1/C(=O)C(=O)C1CCCCCCCCCCCC. The van der Waals surface area contributed by atoms with E-state index in [4.69, 9.17) is 9.78 Å². The molecule has 1 aliphatic rings. The summed E-state index contributed by atoms with van der Waals surface area (Å²) >= 11 is 0. The number of hydrogen-bond acceptors (Lipinski definition) is 8. The molecule has 1 saturated carbocycles. The van der Waals surface area contributed by atoms with Crippen LogP contribution in [-0.2, 0) is 38.5 Å². The number of unbranched alkanes of at least 4 members (excludes halogenated alkanes) is 20. The quantitative estimate of drug-likeness (QED) is 0.00903. The molecule has 1 rings (SSSR count). The number of carbonyl (C=O) groups excluding carboxylic acids is 6. The molecule has 1 unspecified atom stereocenters. The number of Topliss-reactive ketones (excluding diaryl/α,β-unsaturated/α-hetero) is 2. The van der Waals surface area contributed by atoms with E-state index in [2.05, 4.69) is 19.9 Å². The van der Waals surface area contributed by atoms with Crippen LogP contribution >= 0.6 is 0 Å². The molecule has 0 spiro atoms. The minimum Gasteiger partial charge on any atom is -0.290 e. The summed E-state index contributed by atoms with van der Waals surface area (Å²) in [4.78, 5) is 90.7. The molecule has 348 valence electrons. The van der Waals surface area contributed by atoms with Crippen LogP contribution in [0.3, 0.4) is 0 Å². The first-order chi connectivity index (χ1) is 29.7.